The van der Waals surface area contributed by atoms with Crippen molar-refractivity contribution in [3.05, 3.63) is 59.2 Å². The summed E-state index contributed by atoms with van der Waals surface area (Å²) >= 11 is 1.31. The number of rotatable bonds is 5. The smallest absolute Gasteiger partial charge is 0.257 e. The van der Waals surface area contributed by atoms with Gasteiger partial charge in [-0.25, -0.2) is 13.8 Å². The second-order valence-corrected chi connectivity index (χ2v) is 7.75. The van der Waals surface area contributed by atoms with Crippen molar-refractivity contribution >= 4 is 38.5 Å². The Labute approximate surface area is 164 Å². The maximum atomic E-state index is 13.8. The highest BCUT2D eigenvalue weighted by Gasteiger charge is 2.28. The first kappa shape index (κ1) is 19.9. The van der Waals surface area contributed by atoms with E-state index in [1.54, 1.807) is 13.8 Å². The first-order chi connectivity index (χ1) is 13.3. The quantitative estimate of drug-likeness (QED) is 0.668. The zero-order chi connectivity index (χ0) is 20.4. The van der Waals surface area contributed by atoms with Gasteiger partial charge < -0.3 is 10.6 Å². The third-order valence-electron chi connectivity index (χ3n) is 4.28. The van der Waals surface area contributed by atoms with Crippen LogP contribution in [0.2, 0.25) is 0 Å². The number of para-hydroxylation sites is 1. The Hall–Kier alpha value is -2.87. The molecule has 0 fully saturated rings. The van der Waals surface area contributed by atoms with Gasteiger partial charge in [0.15, 0.2) is 5.13 Å². The van der Waals surface area contributed by atoms with Gasteiger partial charge in [0.05, 0.1) is 10.2 Å². The van der Waals surface area contributed by atoms with Crippen LogP contribution in [0.3, 0.4) is 0 Å². The van der Waals surface area contributed by atoms with E-state index in [0.717, 1.165) is 27.9 Å². The monoisotopic (exact) mass is 403 g/mol. The predicted octanol–water partition coefficient (Wildman–Crippen LogP) is 4.28. The molecule has 0 aliphatic rings. The van der Waals surface area contributed by atoms with Gasteiger partial charge in [0.1, 0.15) is 23.2 Å². The van der Waals surface area contributed by atoms with Crippen molar-refractivity contribution in [2.24, 2.45) is 5.92 Å². The minimum absolute atomic E-state index is 0.310. The van der Waals surface area contributed by atoms with Crippen molar-refractivity contribution in [3.63, 3.8) is 0 Å². The van der Waals surface area contributed by atoms with Crippen LogP contribution in [0, 0.1) is 24.5 Å². The van der Waals surface area contributed by atoms with Gasteiger partial charge in [-0.05, 0) is 36.6 Å². The second-order valence-electron chi connectivity index (χ2n) is 6.72. The number of fused-ring (bicyclic) bond motifs is 1. The Morgan fingerprint density at radius 3 is 2.32 bits per heavy atom. The Morgan fingerprint density at radius 1 is 1.07 bits per heavy atom. The summed E-state index contributed by atoms with van der Waals surface area (Å²) in [5.41, 5.74) is 1.07. The molecule has 0 spiro atoms. The standard InChI is InChI=1S/C20H19F2N3O2S/c1-10(2)16(23-18(26)15-12(21)7-5-8-13(15)22)19(27)25-20-24-17-11(3)6-4-9-14(17)28-20/h4-10,16H,1-3H3,(H,23,26)(H,24,25,27)/t16-/m0/s1. The van der Waals surface area contributed by atoms with Crippen molar-refractivity contribution in [1.82, 2.24) is 10.3 Å². The Bertz CT molecular complexity index is 1030. The maximum Gasteiger partial charge on any atom is 0.257 e. The lowest BCUT2D eigenvalue weighted by atomic mass is 10.0. The van der Waals surface area contributed by atoms with E-state index in [9.17, 15) is 18.4 Å². The minimum atomic E-state index is -0.986. The van der Waals surface area contributed by atoms with E-state index >= 15 is 0 Å². The number of anilines is 1. The molecule has 2 amide bonds. The van der Waals surface area contributed by atoms with Gasteiger partial charge in [-0.3, -0.25) is 9.59 Å². The topological polar surface area (TPSA) is 71.1 Å². The molecule has 8 heteroatoms. The first-order valence-electron chi connectivity index (χ1n) is 8.70. The molecular weight excluding hydrogens is 384 g/mol. The molecular formula is C20H19F2N3O2S. The van der Waals surface area contributed by atoms with Gasteiger partial charge in [0, 0.05) is 0 Å². The molecule has 0 radical (unpaired) electrons. The molecule has 1 atom stereocenters. The van der Waals surface area contributed by atoms with Crippen LogP contribution in [0.1, 0.15) is 29.8 Å². The third kappa shape index (κ3) is 4.01. The number of aryl methyl sites for hydroxylation is 1. The molecule has 0 unspecified atom stereocenters. The minimum Gasteiger partial charge on any atom is -0.340 e. The van der Waals surface area contributed by atoms with Crippen LogP contribution >= 0.6 is 11.3 Å². The average molecular weight is 403 g/mol. The van der Waals surface area contributed by atoms with Gasteiger partial charge in [-0.1, -0.05) is 43.4 Å². The summed E-state index contributed by atoms with van der Waals surface area (Å²) in [6, 6.07) is 7.90. The van der Waals surface area contributed by atoms with Crippen molar-refractivity contribution in [3.8, 4) is 0 Å². The van der Waals surface area contributed by atoms with Gasteiger partial charge in [-0.2, -0.15) is 0 Å². The maximum absolute atomic E-state index is 13.8. The van der Waals surface area contributed by atoms with E-state index in [1.165, 1.54) is 17.4 Å². The largest absolute Gasteiger partial charge is 0.340 e. The van der Waals surface area contributed by atoms with E-state index < -0.39 is 35.1 Å². The number of hydrogen-bond donors (Lipinski definition) is 2. The van der Waals surface area contributed by atoms with Crippen LogP contribution in [0.4, 0.5) is 13.9 Å². The lowest BCUT2D eigenvalue weighted by Crippen LogP contribution is -2.47. The van der Waals surface area contributed by atoms with E-state index in [0.29, 0.717) is 5.13 Å². The summed E-state index contributed by atoms with van der Waals surface area (Å²) in [6.45, 7) is 5.38. The number of aromatic nitrogens is 1. The van der Waals surface area contributed by atoms with Crippen LogP contribution in [0.5, 0.6) is 0 Å². The fourth-order valence-corrected chi connectivity index (χ4v) is 3.73. The normalized spacial score (nSPS) is 12.2. The summed E-state index contributed by atoms with van der Waals surface area (Å²) in [7, 11) is 0. The fraction of sp³-hybridized carbons (Fsp3) is 0.250. The second kappa shape index (κ2) is 8.02. The number of amides is 2. The summed E-state index contributed by atoms with van der Waals surface area (Å²) in [6.07, 6.45) is 0. The summed E-state index contributed by atoms with van der Waals surface area (Å²) in [5.74, 6) is -3.76. The average Bonchev–Trinajstić information content (AvgIpc) is 3.03. The lowest BCUT2D eigenvalue weighted by molar-refractivity contribution is -0.118. The molecule has 2 aromatic carbocycles. The van der Waals surface area contributed by atoms with Crippen LogP contribution < -0.4 is 10.6 Å². The molecule has 5 nitrogen and oxygen atoms in total. The predicted molar refractivity (Wildman–Crippen MR) is 105 cm³/mol. The van der Waals surface area contributed by atoms with Gasteiger partial charge >= 0.3 is 0 Å². The van der Waals surface area contributed by atoms with E-state index in [4.69, 9.17) is 0 Å². The summed E-state index contributed by atoms with van der Waals surface area (Å²) in [5, 5.41) is 5.51. The van der Waals surface area contributed by atoms with E-state index in [-0.39, 0.29) is 5.92 Å². The number of hydrogen-bond acceptors (Lipinski definition) is 4. The Balaban J connectivity index is 1.80. The Morgan fingerprint density at radius 2 is 1.71 bits per heavy atom. The number of carbonyl (C=O) groups excluding carboxylic acids is 2. The van der Waals surface area contributed by atoms with Crippen LogP contribution in [0.25, 0.3) is 10.2 Å². The molecule has 0 saturated carbocycles. The highest BCUT2D eigenvalue weighted by molar-refractivity contribution is 7.22. The molecule has 0 aliphatic heterocycles. The molecule has 1 heterocycles. The van der Waals surface area contributed by atoms with Crippen molar-refractivity contribution in [2.45, 2.75) is 26.8 Å². The van der Waals surface area contributed by atoms with Crippen molar-refractivity contribution in [2.75, 3.05) is 5.32 Å². The van der Waals surface area contributed by atoms with Crippen molar-refractivity contribution in [1.29, 1.82) is 0 Å². The van der Waals surface area contributed by atoms with Crippen LogP contribution in [0.15, 0.2) is 36.4 Å². The van der Waals surface area contributed by atoms with E-state index in [1.807, 2.05) is 25.1 Å². The number of nitrogens with one attached hydrogen (secondary N) is 2. The van der Waals surface area contributed by atoms with Crippen LogP contribution in [-0.4, -0.2) is 22.8 Å². The van der Waals surface area contributed by atoms with E-state index in [2.05, 4.69) is 15.6 Å². The lowest BCUT2D eigenvalue weighted by Gasteiger charge is -2.21. The number of carbonyl (C=O) groups is 2. The Kier molecular flexibility index (Phi) is 5.69. The summed E-state index contributed by atoms with van der Waals surface area (Å²) < 4.78 is 28.6. The van der Waals surface area contributed by atoms with Gasteiger partial charge in [0.25, 0.3) is 5.91 Å². The highest BCUT2D eigenvalue weighted by Crippen LogP contribution is 2.28. The van der Waals surface area contributed by atoms with Gasteiger partial charge in [-0.15, -0.1) is 0 Å². The first-order valence-corrected chi connectivity index (χ1v) is 9.51. The highest BCUT2D eigenvalue weighted by atomic mass is 32.1. The molecule has 28 heavy (non-hydrogen) atoms. The molecule has 146 valence electrons. The molecule has 3 aromatic rings. The van der Waals surface area contributed by atoms with Crippen molar-refractivity contribution < 1.29 is 18.4 Å². The molecule has 0 saturated heterocycles. The fourth-order valence-electron chi connectivity index (χ4n) is 2.79. The zero-order valence-electron chi connectivity index (χ0n) is 15.5. The number of thiazole rings is 1. The summed E-state index contributed by atoms with van der Waals surface area (Å²) in [4.78, 5) is 29.5. The number of halogens is 2. The number of benzene rings is 2. The molecule has 0 bridgehead atoms. The molecule has 1 aromatic heterocycles. The molecule has 3 rings (SSSR count). The number of nitrogens with zero attached hydrogens (tertiary/aromatic N) is 1. The molecule has 0 aliphatic carbocycles. The zero-order valence-corrected chi connectivity index (χ0v) is 16.4. The van der Waals surface area contributed by atoms with Crippen LogP contribution in [-0.2, 0) is 4.79 Å². The molecule has 2 N–H and O–H groups in total. The third-order valence-corrected chi connectivity index (χ3v) is 5.21. The van der Waals surface area contributed by atoms with Gasteiger partial charge in [0.2, 0.25) is 5.91 Å². The SMILES string of the molecule is Cc1cccc2sc(NC(=O)[C@@H](NC(=O)c3c(F)cccc3F)C(C)C)nc12.